The van der Waals surface area contributed by atoms with E-state index in [1.165, 1.54) is 6.08 Å². The molecule has 70 valence electrons. The van der Waals surface area contributed by atoms with Gasteiger partial charge in [-0.3, -0.25) is 0 Å². The van der Waals surface area contributed by atoms with Gasteiger partial charge in [0.2, 0.25) is 0 Å². The van der Waals surface area contributed by atoms with Crippen LogP contribution < -0.4 is 5.32 Å². The van der Waals surface area contributed by atoms with E-state index < -0.39 is 12.1 Å². The van der Waals surface area contributed by atoms with Crippen LogP contribution in [0.3, 0.4) is 0 Å². The Kier molecular flexibility index (Phi) is 6.32. The zero-order chi connectivity index (χ0) is 9.40. The number of carbonyl (C=O) groups excluding carboxylic acids is 1. The molecule has 0 saturated heterocycles. The highest BCUT2D eigenvalue weighted by atomic mass is 16.5. The number of likely N-dealkylation sites (N-methyl/N-ethyl adjacent to an activating group) is 1. The van der Waals surface area contributed by atoms with E-state index in [4.69, 9.17) is 5.11 Å². The van der Waals surface area contributed by atoms with E-state index >= 15 is 0 Å². The van der Waals surface area contributed by atoms with Crippen LogP contribution in [-0.2, 0) is 9.53 Å². The Hall–Kier alpha value is -0.870. The highest BCUT2D eigenvalue weighted by molar-refractivity contribution is 5.81. The first-order chi connectivity index (χ1) is 5.70. The van der Waals surface area contributed by atoms with Gasteiger partial charge in [-0.05, 0) is 14.0 Å². The predicted octanol–water partition coefficient (Wildman–Crippen LogP) is -0.314. The van der Waals surface area contributed by atoms with E-state index in [0.29, 0.717) is 6.54 Å². The molecule has 2 N–H and O–H groups in total. The molecule has 0 aliphatic rings. The largest absolute Gasteiger partial charge is 0.460 e. The van der Waals surface area contributed by atoms with Gasteiger partial charge < -0.3 is 15.2 Å². The summed E-state index contributed by atoms with van der Waals surface area (Å²) in [6, 6.07) is 0. The van der Waals surface area contributed by atoms with Gasteiger partial charge in [0.1, 0.15) is 12.7 Å². The fraction of sp³-hybridized carbons (Fsp3) is 0.625. The SMILES string of the molecule is CC=CC(=O)OCC(O)CNC. The van der Waals surface area contributed by atoms with Crippen molar-refractivity contribution in [2.24, 2.45) is 0 Å². The summed E-state index contributed by atoms with van der Waals surface area (Å²) in [5, 5.41) is 11.9. The van der Waals surface area contributed by atoms with Crippen molar-refractivity contribution in [2.75, 3.05) is 20.2 Å². The van der Waals surface area contributed by atoms with Crippen LogP contribution in [0.1, 0.15) is 6.92 Å². The molecule has 0 aromatic rings. The van der Waals surface area contributed by atoms with Gasteiger partial charge in [-0.25, -0.2) is 4.79 Å². The van der Waals surface area contributed by atoms with Crippen LogP contribution in [0.25, 0.3) is 0 Å². The van der Waals surface area contributed by atoms with Crippen molar-refractivity contribution >= 4 is 5.97 Å². The van der Waals surface area contributed by atoms with Crippen molar-refractivity contribution in [2.45, 2.75) is 13.0 Å². The number of hydrogen-bond donors (Lipinski definition) is 2. The lowest BCUT2D eigenvalue weighted by Crippen LogP contribution is -2.28. The van der Waals surface area contributed by atoms with Gasteiger partial charge in [0.25, 0.3) is 0 Å². The van der Waals surface area contributed by atoms with E-state index in [1.807, 2.05) is 0 Å². The zero-order valence-corrected chi connectivity index (χ0v) is 7.41. The lowest BCUT2D eigenvalue weighted by atomic mass is 10.4. The first kappa shape index (κ1) is 11.1. The van der Waals surface area contributed by atoms with Crippen molar-refractivity contribution < 1.29 is 14.6 Å². The molecule has 12 heavy (non-hydrogen) atoms. The van der Waals surface area contributed by atoms with Gasteiger partial charge in [0, 0.05) is 12.6 Å². The number of rotatable bonds is 5. The number of aliphatic hydroxyl groups is 1. The molecule has 1 unspecified atom stereocenters. The van der Waals surface area contributed by atoms with E-state index in [-0.39, 0.29) is 6.61 Å². The molecule has 0 saturated carbocycles. The Balaban J connectivity index is 3.46. The third-order valence-electron chi connectivity index (χ3n) is 1.16. The summed E-state index contributed by atoms with van der Waals surface area (Å²) in [4.78, 5) is 10.7. The van der Waals surface area contributed by atoms with Crippen molar-refractivity contribution in [3.63, 3.8) is 0 Å². The van der Waals surface area contributed by atoms with E-state index in [1.54, 1.807) is 20.0 Å². The maximum absolute atomic E-state index is 10.7. The molecule has 0 spiro atoms. The lowest BCUT2D eigenvalue weighted by Gasteiger charge is -2.08. The van der Waals surface area contributed by atoms with Crippen LogP contribution in [0.4, 0.5) is 0 Å². The molecule has 0 bridgehead atoms. The second-order valence-electron chi connectivity index (χ2n) is 2.34. The van der Waals surface area contributed by atoms with Crippen LogP contribution in [0.5, 0.6) is 0 Å². The quantitative estimate of drug-likeness (QED) is 0.442. The van der Waals surface area contributed by atoms with Crippen molar-refractivity contribution in [3.8, 4) is 0 Å². The Bertz CT molecular complexity index is 156. The summed E-state index contributed by atoms with van der Waals surface area (Å²) in [6.45, 7) is 2.18. The summed E-state index contributed by atoms with van der Waals surface area (Å²) < 4.78 is 4.68. The highest BCUT2D eigenvalue weighted by Crippen LogP contribution is 1.86. The molecule has 0 aromatic heterocycles. The van der Waals surface area contributed by atoms with Crippen LogP contribution >= 0.6 is 0 Å². The van der Waals surface area contributed by atoms with Gasteiger partial charge in [-0.2, -0.15) is 0 Å². The topological polar surface area (TPSA) is 58.6 Å². The molecule has 0 aliphatic carbocycles. The fourth-order valence-electron chi connectivity index (χ4n) is 0.657. The highest BCUT2D eigenvalue weighted by Gasteiger charge is 2.04. The van der Waals surface area contributed by atoms with Gasteiger partial charge in [0.15, 0.2) is 0 Å². The molecule has 0 radical (unpaired) electrons. The number of nitrogens with one attached hydrogen (secondary N) is 1. The van der Waals surface area contributed by atoms with E-state index in [0.717, 1.165) is 0 Å². The molecule has 0 heterocycles. The minimum Gasteiger partial charge on any atom is -0.460 e. The number of carbonyl (C=O) groups is 1. The minimum atomic E-state index is -0.635. The molecule has 0 aliphatic heterocycles. The van der Waals surface area contributed by atoms with E-state index in [2.05, 4.69) is 10.1 Å². The average Bonchev–Trinajstić information content (AvgIpc) is 2.02. The summed E-state index contributed by atoms with van der Waals surface area (Å²) in [5.41, 5.74) is 0. The van der Waals surface area contributed by atoms with Gasteiger partial charge in [-0.1, -0.05) is 6.08 Å². The molecular formula is C8H15NO3. The predicted molar refractivity (Wildman–Crippen MR) is 45.7 cm³/mol. The molecule has 4 nitrogen and oxygen atoms in total. The maximum Gasteiger partial charge on any atom is 0.330 e. The zero-order valence-electron chi connectivity index (χ0n) is 7.41. The monoisotopic (exact) mass is 173 g/mol. The molecule has 0 rings (SSSR count). The normalized spacial score (nSPS) is 13.2. The Morgan fingerprint density at radius 1 is 1.75 bits per heavy atom. The van der Waals surface area contributed by atoms with Gasteiger partial charge in [-0.15, -0.1) is 0 Å². The summed E-state index contributed by atoms with van der Waals surface area (Å²) in [5.74, 6) is -0.423. The Labute approximate surface area is 72.2 Å². The summed E-state index contributed by atoms with van der Waals surface area (Å²) in [6.07, 6.45) is 2.27. The smallest absolute Gasteiger partial charge is 0.330 e. The van der Waals surface area contributed by atoms with Crippen LogP contribution in [0.15, 0.2) is 12.2 Å². The molecular weight excluding hydrogens is 158 g/mol. The summed E-state index contributed by atoms with van der Waals surface area (Å²) in [7, 11) is 1.72. The molecule has 1 atom stereocenters. The lowest BCUT2D eigenvalue weighted by molar-refractivity contribution is -0.140. The maximum atomic E-state index is 10.7. The average molecular weight is 173 g/mol. The molecule has 0 amide bonds. The number of hydrogen-bond acceptors (Lipinski definition) is 4. The first-order valence-corrected chi connectivity index (χ1v) is 3.82. The Morgan fingerprint density at radius 3 is 2.92 bits per heavy atom. The third kappa shape index (κ3) is 5.88. The second kappa shape index (κ2) is 6.82. The van der Waals surface area contributed by atoms with Crippen molar-refractivity contribution in [1.29, 1.82) is 0 Å². The van der Waals surface area contributed by atoms with Crippen molar-refractivity contribution in [1.82, 2.24) is 5.32 Å². The summed E-state index contributed by atoms with van der Waals surface area (Å²) >= 11 is 0. The standard InChI is InChI=1S/C8H15NO3/c1-3-4-8(11)12-6-7(10)5-9-2/h3-4,7,9-10H,5-6H2,1-2H3. The van der Waals surface area contributed by atoms with Crippen molar-refractivity contribution in [3.05, 3.63) is 12.2 Å². The Morgan fingerprint density at radius 2 is 2.42 bits per heavy atom. The number of esters is 1. The number of aliphatic hydroxyl groups excluding tert-OH is 1. The molecule has 0 aromatic carbocycles. The number of ether oxygens (including phenoxy) is 1. The van der Waals surface area contributed by atoms with Gasteiger partial charge >= 0.3 is 5.97 Å². The first-order valence-electron chi connectivity index (χ1n) is 3.82. The minimum absolute atomic E-state index is 0.0318. The van der Waals surface area contributed by atoms with Gasteiger partial charge in [0.05, 0.1) is 0 Å². The van der Waals surface area contributed by atoms with Crippen LogP contribution in [-0.4, -0.2) is 37.4 Å². The second-order valence-corrected chi connectivity index (χ2v) is 2.34. The fourth-order valence-corrected chi connectivity index (χ4v) is 0.657. The molecule has 0 fully saturated rings. The number of allylic oxidation sites excluding steroid dienone is 1. The van der Waals surface area contributed by atoms with Crippen LogP contribution in [0, 0.1) is 0 Å². The van der Waals surface area contributed by atoms with Crippen LogP contribution in [0.2, 0.25) is 0 Å². The van der Waals surface area contributed by atoms with E-state index in [9.17, 15) is 4.79 Å². The molecule has 4 heteroatoms. The third-order valence-corrected chi connectivity index (χ3v) is 1.16.